The van der Waals surface area contributed by atoms with E-state index in [1.54, 1.807) is 56.7 Å². The molecule has 37 heavy (non-hydrogen) atoms. The molecule has 0 atom stereocenters. The van der Waals surface area contributed by atoms with Gasteiger partial charge < -0.3 is 19.5 Å². The van der Waals surface area contributed by atoms with E-state index in [0.717, 1.165) is 11.3 Å². The second-order valence-corrected chi connectivity index (χ2v) is 8.74. The van der Waals surface area contributed by atoms with Crippen LogP contribution >= 0.6 is 11.8 Å². The second kappa shape index (κ2) is 12.1. The average Bonchev–Trinajstić information content (AvgIpc) is 3.23. The number of carbonyl (C=O) groups is 2. The summed E-state index contributed by atoms with van der Waals surface area (Å²) in [5.74, 6) is 1.51. The van der Waals surface area contributed by atoms with Crippen LogP contribution in [-0.4, -0.2) is 43.6 Å². The van der Waals surface area contributed by atoms with E-state index in [1.807, 2.05) is 43.3 Å². The predicted octanol–water partition coefficient (Wildman–Crippen LogP) is 5.22. The van der Waals surface area contributed by atoms with E-state index in [9.17, 15) is 9.59 Å². The molecule has 2 amide bonds. The maximum atomic E-state index is 13.4. The second-order valence-electron chi connectivity index (χ2n) is 7.80. The quantitative estimate of drug-likeness (QED) is 0.392. The molecule has 8 nitrogen and oxygen atoms in total. The van der Waals surface area contributed by atoms with Crippen molar-refractivity contribution in [2.75, 3.05) is 36.8 Å². The van der Waals surface area contributed by atoms with E-state index in [2.05, 4.69) is 10.3 Å². The monoisotopic (exact) mass is 517 g/mol. The van der Waals surface area contributed by atoms with Crippen molar-refractivity contribution in [2.24, 2.45) is 4.99 Å². The van der Waals surface area contributed by atoms with Crippen molar-refractivity contribution in [2.45, 2.75) is 6.92 Å². The van der Waals surface area contributed by atoms with Crippen molar-refractivity contribution in [3.8, 4) is 17.2 Å². The van der Waals surface area contributed by atoms with Crippen molar-refractivity contribution in [1.29, 1.82) is 0 Å². The third-order valence-electron chi connectivity index (χ3n) is 5.37. The van der Waals surface area contributed by atoms with Crippen molar-refractivity contribution in [3.63, 3.8) is 0 Å². The van der Waals surface area contributed by atoms with Crippen molar-refractivity contribution in [1.82, 2.24) is 0 Å². The van der Waals surface area contributed by atoms with Crippen LogP contribution in [0.4, 0.5) is 11.4 Å². The summed E-state index contributed by atoms with van der Waals surface area (Å²) in [6.07, 6.45) is 1.71. The van der Waals surface area contributed by atoms with Gasteiger partial charge in [-0.25, -0.2) is 4.99 Å². The number of anilines is 2. The third kappa shape index (κ3) is 6.31. The average molecular weight is 518 g/mol. The number of para-hydroxylation sites is 2. The lowest BCUT2D eigenvalue weighted by molar-refractivity contribution is -0.114. The largest absolute Gasteiger partial charge is 0.497 e. The standard InChI is InChI=1S/C28H27N3O5S/c1-4-36-25-8-6-5-7-23(25)29-26(32)18-37-28-30-24(17-19-9-13-21(34-2)14-10-19)27(33)31(28)20-11-15-22(35-3)16-12-20/h5-17H,4,18H2,1-3H3,(H,29,32)/b24-17+. The Kier molecular flexibility index (Phi) is 8.48. The number of amidine groups is 1. The Hall–Kier alpha value is -4.24. The first kappa shape index (κ1) is 25.8. The van der Waals surface area contributed by atoms with Crippen molar-refractivity contribution in [3.05, 3.63) is 84.1 Å². The molecule has 1 N–H and O–H groups in total. The molecule has 0 aliphatic carbocycles. The minimum Gasteiger partial charge on any atom is -0.497 e. The van der Waals surface area contributed by atoms with Gasteiger partial charge in [-0.05, 0) is 67.1 Å². The SMILES string of the molecule is CCOc1ccccc1NC(=O)CSC1=N/C(=C/c2ccc(OC)cc2)C(=O)N1c1ccc(OC)cc1. The van der Waals surface area contributed by atoms with E-state index in [4.69, 9.17) is 14.2 Å². The van der Waals surface area contributed by atoms with Crippen molar-refractivity contribution >= 4 is 46.2 Å². The maximum absolute atomic E-state index is 13.4. The van der Waals surface area contributed by atoms with E-state index in [-0.39, 0.29) is 23.3 Å². The Bertz CT molecular complexity index is 1320. The van der Waals surface area contributed by atoms with Gasteiger partial charge in [0.2, 0.25) is 5.91 Å². The van der Waals surface area contributed by atoms with Crippen molar-refractivity contribution < 1.29 is 23.8 Å². The summed E-state index contributed by atoms with van der Waals surface area (Å²) >= 11 is 1.18. The minimum absolute atomic E-state index is 0.0506. The summed E-state index contributed by atoms with van der Waals surface area (Å²) in [7, 11) is 3.18. The smallest absolute Gasteiger partial charge is 0.283 e. The molecule has 0 saturated heterocycles. The lowest BCUT2D eigenvalue weighted by Gasteiger charge is -2.18. The van der Waals surface area contributed by atoms with Gasteiger partial charge in [-0.3, -0.25) is 14.5 Å². The number of nitrogens with one attached hydrogen (secondary N) is 1. The molecule has 0 aromatic heterocycles. The highest BCUT2D eigenvalue weighted by Gasteiger charge is 2.32. The number of carbonyl (C=O) groups excluding carboxylic acids is 2. The molecule has 3 aromatic rings. The molecule has 9 heteroatoms. The van der Waals surface area contributed by atoms with Crippen LogP contribution in [0.2, 0.25) is 0 Å². The number of thioether (sulfide) groups is 1. The van der Waals surface area contributed by atoms with Crippen LogP contribution in [0.15, 0.2) is 83.5 Å². The van der Waals surface area contributed by atoms with E-state index in [1.165, 1.54) is 16.7 Å². The molecule has 0 fully saturated rings. The molecular weight excluding hydrogens is 490 g/mol. The zero-order chi connectivity index (χ0) is 26.2. The summed E-state index contributed by atoms with van der Waals surface area (Å²) in [6.45, 7) is 2.37. The van der Waals surface area contributed by atoms with E-state index >= 15 is 0 Å². The molecule has 3 aromatic carbocycles. The van der Waals surface area contributed by atoms with Gasteiger partial charge >= 0.3 is 0 Å². The fraction of sp³-hybridized carbons (Fsp3) is 0.179. The number of rotatable bonds is 9. The van der Waals surface area contributed by atoms with Crippen LogP contribution in [0, 0.1) is 0 Å². The van der Waals surface area contributed by atoms with Crippen LogP contribution in [-0.2, 0) is 9.59 Å². The molecule has 4 rings (SSSR count). The van der Waals surface area contributed by atoms with Gasteiger partial charge in [-0.15, -0.1) is 0 Å². The fourth-order valence-electron chi connectivity index (χ4n) is 3.58. The highest BCUT2D eigenvalue weighted by Crippen LogP contribution is 2.31. The predicted molar refractivity (Wildman–Crippen MR) is 148 cm³/mol. The normalized spacial score (nSPS) is 13.9. The number of benzene rings is 3. The van der Waals surface area contributed by atoms with Gasteiger partial charge in [-0.2, -0.15) is 0 Å². The minimum atomic E-state index is -0.286. The maximum Gasteiger partial charge on any atom is 0.283 e. The number of nitrogens with zero attached hydrogens (tertiary/aromatic N) is 2. The Balaban J connectivity index is 1.56. The molecule has 0 radical (unpaired) electrons. The van der Waals surface area contributed by atoms with E-state index in [0.29, 0.717) is 34.6 Å². The van der Waals surface area contributed by atoms with E-state index < -0.39 is 0 Å². The van der Waals surface area contributed by atoms with Gasteiger partial charge in [0, 0.05) is 0 Å². The Morgan fingerprint density at radius 3 is 2.27 bits per heavy atom. The first-order chi connectivity index (χ1) is 18.0. The molecule has 0 saturated carbocycles. The summed E-state index contributed by atoms with van der Waals surface area (Å²) < 4.78 is 16.0. The van der Waals surface area contributed by atoms with Gasteiger partial charge in [0.25, 0.3) is 5.91 Å². The molecule has 1 aliphatic heterocycles. The summed E-state index contributed by atoms with van der Waals surface area (Å²) in [6, 6.07) is 21.7. The molecule has 190 valence electrons. The Labute approximate surface area is 219 Å². The molecule has 1 heterocycles. The van der Waals surface area contributed by atoms with Crippen LogP contribution < -0.4 is 24.4 Å². The van der Waals surface area contributed by atoms with Crippen LogP contribution in [0.5, 0.6) is 17.2 Å². The molecule has 0 spiro atoms. The lowest BCUT2D eigenvalue weighted by Crippen LogP contribution is -2.31. The summed E-state index contributed by atoms with van der Waals surface area (Å²) in [5.41, 5.74) is 2.29. The number of amides is 2. The first-order valence-corrected chi connectivity index (χ1v) is 12.6. The molecule has 0 unspecified atom stereocenters. The topological polar surface area (TPSA) is 89.5 Å². The van der Waals surface area contributed by atoms with Crippen LogP contribution in [0.25, 0.3) is 6.08 Å². The van der Waals surface area contributed by atoms with Gasteiger partial charge in [-0.1, -0.05) is 36.0 Å². The number of aliphatic imine (C=N–C) groups is 1. The number of hydrogen-bond donors (Lipinski definition) is 1. The fourth-order valence-corrected chi connectivity index (χ4v) is 4.39. The molecular formula is C28H27N3O5S. The summed E-state index contributed by atoms with van der Waals surface area (Å²) in [4.78, 5) is 32.3. The lowest BCUT2D eigenvalue weighted by atomic mass is 10.2. The Morgan fingerprint density at radius 1 is 0.973 bits per heavy atom. The van der Waals surface area contributed by atoms with Crippen LogP contribution in [0.3, 0.4) is 0 Å². The number of ether oxygens (including phenoxy) is 3. The highest BCUT2D eigenvalue weighted by atomic mass is 32.2. The zero-order valence-corrected chi connectivity index (χ0v) is 21.6. The van der Waals surface area contributed by atoms with Crippen LogP contribution in [0.1, 0.15) is 12.5 Å². The highest BCUT2D eigenvalue weighted by molar-refractivity contribution is 8.14. The molecule has 0 bridgehead atoms. The third-order valence-corrected chi connectivity index (χ3v) is 6.31. The van der Waals surface area contributed by atoms with Gasteiger partial charge in [0.15, 0.2) is 5.17 Å². The van der Waals surface area contributed by atoms with Gasteiger partial charge in [0.05, 0.1) is 38.0 Å². The summed E-state index contributed by atoms with van der Waals surface area (Å²) in [5, 5.41) is 3.28. The Morgan fingerprint density at radius 2 is 1.62 bits per heavy atom. The van der Waals surface area contributed by atoms with Gasteiger partial charge in [0.1, 0.15) is 22.9 Å². The zero-order valence-electron chi connectivity index (χ0n) is 20.8. The number of hydrogen-bond acceptors (Lipinski definition) is 7. The molecule has 1 aliphatic rings. The first-order valence-electron chi connectivity index (χ1n) is 11.6. The number of methoxy groups -OCH3 is 2.